The summed E-state index contributed by atoms with van der Waals surface area (Å²) in [7, 11) is 0. The zero-order valence-electron chi connectivity index (χ0n) is 3.65. The maximum atomic E-state index is 9.47. The smallest absolute Gasteiger partial charge is 0.346 e. The van der Waals surface area contributed by atoms with Gasteiger partial charge < -0.3 is 5.11 Å². The van der Waals surface area contributed by atoms with E-state index in [9.17, 15) is 4.79 Å². The van der Waals surface area contributed by atoms with E-state index in [0.717, 1.165) is 0 Å². The van der Waals surface area contributed by atoms with E-state index in [1.165, 1.54) is 0 Å². The van der Waals surface area contributed by atoms with Gasteiger partial charge in [-0.05, 0) is 0 Å². The molecule has 0 aromatic heterocycles. The first-order chi connectivity index (χ1) is 2.64. The van der Waals surface area contributed by atoms with E-state index in [1.807, 2.05) is 0 Å². The first kappa shape index (κ1) is 10.4. The van der Waals surface area contributed by atoms with Crippen LogP contribution in [0.15, 0.2) is 11.6 Å². The third-order valence-electron chi connectivity index (χ3n) is 0.232. The predicted molar refractivity (Wildman–Crippen MR) is 22.6 cm³/mol. The second kappa shape index (κ2) is 4.59. The molecule has 0 amide bonds. The maximum absolute atomic E-state index is 9.47. The summed E-state index contributed by atoms with van der Waals surface area (Å²) in [4.78, 5) is 9.47. The maximum Gasteiger partial charge on any atom is 0.346 e. The third-order valence-corrected chi connectivity index (χ3v) is 0.394. The Balaban J connectivity index is 0. The van der Waals surface area contributed by atoms with Crippen LogP contribution in [0.4, 0.5) is 0 Å². The molecule has 0 aliphatic rings. The molecule has 4 heteroatoms. The first-order valence-corrected chi connectivity index (χ1v) is 1.60. The Morgan fingerprint density at radius 2 is 1.86 bits per heavy atom. The van der Waals surface area contributed by atoms with Gasteiger partial charge in [-0.2, -0.15) is 0 Å². The Morgan fingerprint density at radius 3 is 1.86 bits per heavy atom. The average Bonchev–Trinajstić information content (AvgIpc) is 1.36. The fourth-order valence-corrected chi connectivity index (χ4v) is 0. The molecular formula is C3H3ClHgO2. The van der Waals surface area contributed by atoms with Gasteiger partial charge >= 0.3 is 5.97 Å². The molecule has 0 aromatic rings. The summed E-state index contributed by atoms with van der Waals surface area (Å²) >= 11 is 4.82. The van der Waals surface area contributed by atoms with E-state index < -0.39 is 5.97 Å². The third kappa shape index (κ3) is 6.44. The summed E-state index contributed by atoms with van der Waals surface area (Å²) < 4.78 is 0. The standard InChI is InChI=1S/C3H3ClO2.Hg/c1-2(4)3(5)6;/h1H2,(H,5,6);. The number of carboxylic acid groups (broad SMARTS) is 1. The van der Waals surface area contributed by atoms with Gasteiger partial charge in [0.15, 0.2) is 0 Å². The molecule has 0 spiro atoms. The van der Waals surface area contributed by atoms with Crippen molar-refractivity contribution in [2.24, 2.45) is 0 Å². The fourth-order valence-electron chi connectivity index (χ4n) is 0. The van der Waals surface area contributed by atoms with E-state index in [4.69, 9.17) is 16.7 Å². The van der Waals surface area contributed by atoms with Crippen molar-refractivity contribution in [3.05, 3.63) is 11.6 Å². The number of hydrogen-bond donors (Lipinski definition) is 1. The van der Waals surface area contributed by atoms with Crippen molar-refractivity contribution in [3.8, 4) is 0 Å². The molecule has 0 radical (unpaired) electrons. The summed E-state index contributed by atoms with van der Waals surface area (Å²) in [5.41, 5.74) is 0. The van der Waals surface area contributed by atoms with Gasteiger partial charge in [0.05, 0.1) is 0 Å². The Hall–Kier alpha value is 0.435. The van der Waals surface area contributed by atoms with Crippen LogP contribution in [-0.2, 0) is 32.5 Å². The minimum atomic E-state index is -1.17. The van der Waals surface area contributed by atoms with Crippen LogP contribution in [0.5, 0.6) is 0 Å². The molecule has 0 aromatic carbocycles. The van der Waals surface area contributed by atoms with Crippen molar-refractivity contribution in [1.29, 1.82) is 0 Å². The van der Waals surface area contributed by atoms with E-state index >= 15 is 0 Å². The Labute approximate surface area is 66.7 Å². The van der Waals surface area contributed by atoms with Gasteiger partial charge in [-0.1, -0.05) is 18.2 Å². The van der Waals surface area contributed by atoms with Crippen LogP contribution < -0.4 is 0 Å². The van der Waals surface area contributed by atoms with Gasteiger partial charge in [0.1, 0.15) is 5.03 Å². The topological polar surface area (TPSA) is 37.3 Å². The van der Waals surface area contributed by atoms with E-state index in [2.05, 4.69) is 6.58 Å². The summed E-state index contributed by atoms with van der Waals surface area (Å²) in [5.74, 6) is -1.17. The van der Waals surface area contributed by atoms with Gasteiger partial charge in [0.25, 0.3) is 0 Å². The minimum absolute atomic E-state index is 0. The molecule has 2 nitrogen and oxygen atoms in total. The summed E-state index contributed by atoms with van der Waals surface area (Å²) in [6.45, 7) is 2.92. The molecule has 0 saturated heterocycles. The van der Waals surface area contributed by atoms with Gasteiger partial charge in [-0.15, -0.1) is 0 Å². The molecule has 0 fully saturated rings. The zero-order chi connectivity index (χ0) is 5.15. The molecule has 0 aliphatic heterocycles. The molecule has 7 heavy (non-hydrogen) atoms. The number of carbonyl (C=O) groups is 1. The van der Waals surface area contributed by atoms with Crippen LogP contribution in [0, 0.1) is 0 Å². The molecular weight excluding hydrogens is 304 g/mol. The van der Waals surface area contributed by atoms with Crippen molar-refractivity contribution in [1.82, 2.24) is 0 Å². The number of carboxylic acids is 1. The number of rotatable bonds is 1. The molecule has 0 heterocycles. The quantitative estimate of drug-likeness (QED) is 0.575. The Morgan fingerprint density at radius 1 is 1.71 bits per heavy atom. The largest absolute Gasteiger partial charge is 0.477 e. The van der Waals surface area contributed by atoms with Crippen LogP contribution in [0.1, 0.15) is 0 Å². The van der Waals surface area contributed by atoms with E-state index in [0.29, 0.717) is 0 Å². The van der Waals surface area contributed by atoms with Gasteiger partial charge in [0.2, 0.25) is 0 Å². The molecule has 0 bridgehead atoms. The molecule has 0 aliphatic carbocycles. The average molecular weight is 307 g/mol. The van der Waals surface area contributed by atoms with E-state index in [1.54, 1.807) is 0 Å². The van der Waals surface area contributed by atoms with Crippen LogP contribution in [-0.4, -0.2) is 11.1 Å². The Bertz CT molecular complexity index is 78.9. The fraction of sp³-hybridized carbons (Fsp3) is 0. The van der Waals surface area contributed by atoms with Crippen LogP contribution in [0.25, 0.3) is 0 Å². The molecule has 0 atom stereocenters. The molecule has 0 saturated carbocycles. The van der Waals surface area contributed by atoms with Crippen molar-refractivity contribution in [2.45, 2.75) is 0 Å². The number of aliphatic carboxylic acids is 1. The SMILES string of the molecule is C=C(Cl)C(=O)O.[Hg]. The molecule has 36 valence electrons. The van der Waals surface area contributed by atoms with Gasteiger partial charge in [-0.3, -0.25) is 0 Å². The van der Waals surface area contributed by atoms with Crippen LogP contribution in [0.2, 0.25) is 0 Å². The second-order valence-corrected chi connectivity index (χ2v) is 1.17. The van der Waals surface area contributed by atoms with Crippen LogP contribution in [0.3, 0.4) is 0 Å². The van der Waals surface area contributed by atoms with Crippen molar-refractivity contribution < 1.29 is 37.6 Å². The van der Waals surface area contributed by atoms with Crippen molar-refractivity contribution >= 4 is 17.6 Å². The van der Waals surface area contributed by atoms with E-state index in [-0.39, 0.29) is 32.7 Å². The minimum Gasteiger partial charge on any atom is -0.477 e. The molecule has 1 N–H and O–H groups in total. The zero-order valence-corrected chi connectivity index (χ0v) is 9.90. The predicted octanol–water partition coefficient (Wildman–Crippen LogP) is 0.821. The normalized spacial score (nSPS) is 6.43. The Kier molecular flexibility index (Phi) is 6.84. The monoisotopic (exact) mass is 308 g/mol. The second-order valence-electron chi connectivity index (χ2n) is 0.710. The summed E-state index contributed by atoms with van der Waals surface area (Å²) in [6, 6.07) is 0. The summed E-state index contributed by atoms with van der Waals surface area (Å²) in [6.07, 6.45) is 0. The first-order valence-electron chi connectivity index (χ1n) is 1.22. The summed E-state index contributed by atoms with van der Waals surface area (Å²) in [5, 5.41) is 7.41. The number of hydrogen-bond acceptors (Lipinski definition) is 1. The van der Waals surface area contributed by atoms with Crippen LogP contribution >= 0.6 is 11.6 Å². The van der Waals surface area contributed by atoms with Gasteiger partial charge in [-0.25, -0.2) is 4.79 Å². The van der Waals surface area contributed by atoms with Crippen molar-refractivity contribution in [3.63, 3.8) is 0 Å². The van der Waals surface area contributed by atoms with Crippen molar-refractivity contribution in [2.75, 3.05) is 0 Å². The van der Waals surface area contributed by atoms with Gasteiger partial charge in [0, 0.05) is 27.7 Å². The molecule has 0 rings (SSSR count). The molecule has 0 unspecified atom stereocenters. The number of halogens is 1.